The van der Waals surface area contributed by atoms with E-state index in [2.05, 4.69) is 33.0 Å². The maximum absolute atomic E-state index is 5.39. The zero-order valence-electron chi connectivity index (χ0n) is 12.4. The fraction of sp³-hybridized carbons (Fsp3) is 0.625. The van der Waals surface area contributed by atoms with Crippen molar-refractivity contribution in [2.24, 2.45) is 0 Å². The molecule has 0 spiro atoms. The van der Waals surface area contributed by atoms with Crippen molar-refractivity contribution in [3.8, 4) is 11.5 Å². The first kappa shape index (κ1) is 15.6. The number of likely N-dealkylation sites (tertiary alicyclic amines) is 1. The molecule has 1 unspecified atom stereocenters. The van der Waals surface area contributed by atoms with Gasteiger partial charge in [0.1, 0.15) is 0 Å². The van der Waals surface area contributed by atoms with E-state index in [1.54, 1.807) is 14.2 Å². The van der Waals surface area contributed by atoms with Crippen LogP contribution in [0.3, 0.4) is 0 Å². The third-order valence-electron chi connectivity index (χ3n) is 4.03. The average Bonchev–Trinajstić information content (AvgIpc) is 2.49. The molecule has 0 aromatic heterocycles. The molecule has 3 nitrogen and oxygen atoms in total. The van der Waals surface area contributed by atoms with E-state index in [-0.39, 0.29) is 0 Å². The van der Waals surface area contributed by atoms with Crippen LogP contribution in [-0.4, -0.2) is 37.0 Å². The Morgan fingerprint density at radius 2 is 2.00 bits per heavy atom. The second-order valence-electron chi connectivity index (χ2n) is 5.29. The molecule has 1 saturated heterocycles. The topological polar surface area (TPSA) is 21.7 Å². The lowest BCUT2D eigenvalue weighted by atomic mass is 9.99. The van der Waals surface area contributed by atoms with Gasteiger partial charge in [-0.3, -0.25) is 4.90 Å². The van der Waals surface area contributed by atoms with Crippen LogP contribution in [0.5, 0.6) is 11.5 Å². The zero-order valence-corrected chi connectivity index (χ0v) is 14.0. The van der Waals surface area contributed by atoms with E-state index in [9.17, 15) is 0 Å². The van der Waals surface area contributed by atoms with Gasteiger partial charge in [-0.1, -0.05) is 28.4 Å². The molecule has 20 heavy (non-hydrogen) atoms. The van der Waals surface area contributed by atoms with Gasteiger partial charge >= 0.3 is 0 Å². The highest BCUT2D eigenvalue weighted by Gasteiger charge is 2.22. The summed E-state index contributed by atoms with van der Waals surface area (Å²) in [5.74, 6) is 1.62. The Balaban J connectivity index is 2.07. The van der Waals surface area contributed by atoms with Crippen LogP contribution < -0.4 is 9.47 Å². The lowest BCUT2D eigenvalue weighted by Gasteiger charge is -2.35. The Bertz CT molecular complexity index is 423. The number of halogens is 1. The van der Waals surface area contributed by atoms with E-state index in [0.717, 1.165) is 23.4 Å². The minimum absolute atomic E-state index is 0.705. The lowest BCUT2D eigenvalue weighted by molar-refractivity contribution is 0.137. The SMILES string of the molecule is COc1ccc(CN2CCCCC2CCBr)cc1OC. The molecule has 1 heterocycles. The second-order valence-corrected chi connectivity index (χ2v) is 6.08. The van der Waals surface area contributed by atoms with Gasteiger partial charge in [-0.2, -0.15) is 0 Å². The van der Waals surface area contributed by atoms with Crippen LogP contribution >= 0.6 is 15.9 Å². The molecule has 1 aromatic rings. The maximum Gasteiger partial charge on any atom is 0.161 e. The molecule has 4 heteroatoms. The van der Waals surface area contributed by atoms with E-state index in [0.29, 0.717) is 6.04 Å². The number of benzene rings is 1. The second kappa shape index (κ2) is 7.89. The quantitative estimate of drug-likeness (QED) is 0.733. The van der Waals surface area contributed by atoms with E-state index >= 15 is 0 Å². The number of alkyl halides is 1. The maximum atomic E-state index is 5.39. The van der Waals surface area contributed by atoms with Crippen LogP contribution in [0.25, 0.3) is 0 Å². The molecular formula is C16H24BrNO2. The van der Waals surface area contributed by atoms with E-state index in [4.69, 9.17) is 9.47 Å². The minimum atomic E-state index is 0.705. The van der Waals surface area contributed by atoms with Crippen molar-refractivity contribution in [2.75, 3.05) is 26.1 Å². The molecule has 2 rings (SSSR count). The summed E-state index contributed by atoms with van der Waals surface area (Å²) in [7, 11) is 3.37. The highest BCUT2D eigenvalue weighted by atomic mass is 79.9. The molecule has 112 valence electrons. The minimum Gasteiger partial charge on any atom is -0.493 e. The Hall–Kier alpha value is -0.740. The molecule has 0 bridgehead atoms. The van der Waals surface area contributed by atoms with Gasteiger partial charge < -0.3 is 9.47 Å². The van der Waals surface area contributed by atoms with Crippen molar-refractivity contribution < 1.29 is 9.47 Å². The number of rotatable bonds is 6. The predicted octanol–water partition coefficient (Wildman–Crippen LogP) is 3.84. The van der Waals surface area contributed by atoms with Gasteiger partial charge in [0, 0.05) is 17.9 Å². The smallest absolute Gasteiger partial charge is 0.161 e. The Kier molecular flexibility index (Phi) is 6.17. The molecule has 0 radical (unpaired) electrons. The number of piperidine rings is 1. The highest BCUT2D eigenvalue weighted by Crippen LogP contribution is 2.29. The van der Waals surface area contributed by atoms with Gasteiger partial charge in [-0.15, -0.1) is 0 Å². The Labute approximate surface area is 130 Å². The lowest BCUT2D eigenvalue weighted by Crippen LogP contribution is -2.39. The predicted molar refractivity (Wildman–Crippen MR) is 86.0 cm³/mol. The van der Waals surface area contributed by atoms with Crippen molar-refractivity contribution in [3.63, 3.8) is 0 Å². The molecule has 1 aliphatic heterocycles. The fourth-order valence-electron chi connectivity index (χ4n) is 2.93. The van der Waals surface area contributed by atoms with E-state index in [1.165, 1.54) is 37.8 Å². The van der Waals surface area contributed by atoms with Crippen molar-refractivity contribution in [2.45, 2.75) is 38.3 Å². The molecule has 0 amide bonds. The summed E-state index contributed by atoms with van der Waals surface area (Å²) in [6, 6.07) is 6.94. The molecule has 0 aliphatic carbocycles. The molecule has 1 aromatic carbocycles. The van der Waals surface area contributed by atoms with Crippen LogP contribution in [0, 0.1) is 0 Å². The summed E-state index contributed by atoms with van der Waals surface area (Å²) >= 11 is 3.58. The standard InChI is InChI=1S/C16H24BrNO2/c1-19-15-7-6-13(11-16(15)20-2)12-18-10-4-3-5-14(18)8-9-17/h6-7,11,14H,3-5,8-10,12H2,1-2H3. The van der Waals surface area contributed by atoms with Crippen molar-refractivity contribution in [1.29, 1.82) is 0 Å². The monoisotopic (exact) mass is 341 g/mol. The summed E-state index contributed by atoms with van der Waals surface area (Å²) in [6.07, 6.45) is 5.22. The Morgan fingerprint density at radius 1 is 1.20 bits per heavy atom. The van der Waals surface area contributed by atoms with Gasteiger partial charge in [0.05, 0.1) is 14.2 Å². The van der Waals surface area contributed by atoms with Crippen molar-refractivity contribution in [1.82, 2.24) is 4.90 Å². The number of hydrogen-bond acceptors (Lipinski definition) is 3. The first-order chi connectivity index (χ1) is 9.78. The molecule has 1 fully saturated rings. The van der Waals surface area contributed by atoms with Gasteiger partial charge in [0.15, 0.2) is 11.5 Å². The summed E-state index contributed by atoms with van der Waals surface area (Å²) in [4.78, 5) is 2.60. The summed E-state index contributed by atoms with van der Waals surface area (Å²) in [6.45, 7) is 2.20. The molecule has 1 aliphatic rings. The summed E-state index contributed by atoms with van der Waals surface area (Å²) in [5, 5.41) is 1.08. The zero-order chi connectivity index (χ0) is 14.4. The van der Waals surface area contributed by atoms with E-state index in [1.807, 2.05) is 6.07 Å². The normalized spacial score (nSPS) is 19.9. The largest absolute Gasteiger partial charge is 0.493 e. The summed E-state index contributed by atoms with van der Waals surface area (Å²) < 4.78 is 10.7. The average molecular weight is 342 g/mol. The van der Waals surface area contributed by atoms with Crippen LogP contribution in [0.2, 0.25) is 0 Å². The first-order valence-electron chi connectivity index (χ1n) is 7.29. The molecule has 0 N–H and O–H groups in total. The number of hydrogen-bond donors (Lipinski definition) is 0. The van der Waals surface area contributed by atoms with Gasteiger partial charge in [0.25, 0.3) is 0 Å². The number of nitrogens with zero attached hydrogens (tertiary/aromatic N) is 1. The van der Waals surface area contributed by atoms with Gasteiger partial charge in [-0.05, 0) is 43.5 Å². The molecular weight excluding hydrogens is 318 g/mol. The van der Waals surface area contributed by atoms with E-state index < -0.39 is 0 Å². The van der Waals surface area contributed by atoms with Gasteiger partial charge in [0.2, 0.25) is 0 Å². The number of ether oxygens (including phenoxy) is 2. The Morgan fingerprint density at radius 3 is 2.70 bits per heavy atom. The third-order valence-corrected chi connectivity index (χ3v) is 4.48. The molecule has 0 saturated carbocycles. The van der Waals surface area contributed by atoms with Crippen LogP contribution in [0.1, 0.15) is 31.2 Å². The third kappa shape index (κ3) is 3.89. The summed E-state index contributed by atoms with van der Waals surface area (Å²) in [5.41, 5.74) is 1.30. The fourth-order valence-corrected chi connectivity index (χ4v) is 3.46. The van der Waals surface area contributed by atoms with Crippen LogP contribution in [-0.2, 0) is 6.54 Å². The van der Waals surface area contributed by atoms with Gasteiger partial charge in [-0.25, -0.2) is 0 Å². The van der Waals surface area contributed by atoms with Crippen molar-refractivity contribution >= 4 is 15.9 Å². The van der Waals surface area contributed by atoms with Crippen molar-refractivity contribution in [3.05, 3.63) is 23.8 Å². The number of methoxy groups -OCH3 is 2. The van der Waals surface area contributed by atoms with Crippen LogP contribution in [0.15, 0.2) is 18.2 Å². The highest BCUT2D eigenvalue weighted by molar-refractivity contribution is 9.09. The first-order valence-corrected chi connectivity index (χ1v) is 8.41. The molecule has 1 atom stereocenters. The van der Waals surface area contributed by atoms with Crippen LogP contribution in [0.4, 0.5) is 0 Å².